The topological polar surface area (TPSA) is 0 Å². The summed E-state index contributed by atoms with van der Waals surface area (Å²) < 4.78 is 0. The van der Waals surface area contributed by atoms with Gasteiger partial charge in [0.2, 0.25) is 0 Å². The normalized spacial score (nSPS) is 14.6. The number of hydrogen-bond donors (Lipinski definition) is 0. The Morgan fingerprint density at radius 2 is 1.40 bits per heavy atom. The van der Waals surface area contributed by atoms with Gasteiger partial charge in [0, 0.05) is 0 Å². The van der Waals surface area contributed by atoms with E-state index in [-0.39, 0.29) is 79.6 Å². The first-order chi connectivity index (χ1) is 10.1. The van der Waals surface area contributed by atoms with Crippen LogP contribution >= 0.6 is 0 Å². The number of fused-ring (bicyclic) bond motifs is 1. The maximum absolute atomic E-state index is 3.44. The molecule has 0 fully saturated rings. The number of benzene rings is 1. The second-order valence-corrected chi connectivity index (χ2v) is 7.18. The predicted molar refractivity (Wildman–Crippen MR) is 98.3 cm³/mol. The van der Waals surface area contributed by atoms with Gasteiger partial charge >= 0.3 is 26.2 Å². The minimum atomic E-state index is 0. The van der Waals surface area contributed by atoms with Gasteiger partial charge in [-0.1, -0.05) is 58.6 Å². The molecule has 0 saturated heterocycles. The summed E-state index contributed by atoms with van der Waals surface area (Å²) in [6, 6.07) is 8.91. The van der Waals surface area contributed by atoms with Gasteiger partial charge in [0.1, 0.15) is 0 Å². The molecule has 25 heavy (non-hydrogen) atoms. The quantitative estimate of drug-likeness (QED) is 0.294. The average molecular weight is 637 g/mol. The van der Waals surface area contributed by atoms with E-state index in [4.69, 9.17) is 0 Å². The standard InChI is InChI=1S/C12H13.C10H15.2HI.Zr/c1-8-6-11-9(2)4-5-10(3)12(11)7-8;1-7-6-10(4,5)9(3)8(7)2;;;/h4-7H,1-3H3;1-5H3;2*1H;/q2*-1;;;+4/p-2. The van der Waals surface area contributed by atoms with E-state index in [2.05, 4.69) is 85.7 Å². The number of hydrogen-bond acceptors (Lipinski definition) is 0. The van der Waals surface area contributed by atoms with Gasteiger partial charge in [0.15, 0.2) is 0 Å². The van der Waals surface area contributed by atoms with Gasteiger partial charge in [-0.3, -0.25) is 6.08 Å². The molecule has 2 aromatic rings. The summed E-state index contributed by atoms with van der Waals surface area (Å²) in [5, 5.41) is 2.82. The summed E-state index contributed by atoms with van der Waals surface area (Å²) in [7, 11) is 0. The van der Waals surface area contributed by atoms with Crippen LogP contribution in [-0.4, -0.2) is 0 Å². The van der Waals surface area contributed by atoms with Gasteiger partial charge in [0.25, 0.3) is 0 Å². The molecule has 0 N–H and O–H groups in total. The maximum atomic E-state index is 3.44. The monoisotopic (exact) mass is 636 g/mol. The first-order valence-electron chi connectivity index (χ1n) is 8.07. The molecule has 0 nitrogen and oxygen atoms in total. The van der Waals surface area contributed by atoms with Gasteiger partial charge in [0.05, 0.1) is 0 Å². The molecular weight excluding hydrogens is 609 g/mol. The van der Waals surface area contributed by atoms with Crippen LogP contribution in [-0.2, 0) is 26.2 Å². The molecule has 0 bridgehead atoms. The molecule has 0 spiro atoms. The van der Waals surface area contributed by atoms with Crippen LogP contribution in [0.15, 0.2) is 41.0 Å². The molecule has 3 heteroatoms. The zero-order valence-electron chi connectivity index (χ0n) is 16.6. The van der Waals surface area contributed by atoms with Crippen molar-refractivity contribution < 1.29 is 74.2 Å². The van der Waals surface area contributed by atoms with E-state index in [0.29, 0.717) is 0 Å². The van der Waals surface area contributed by atoms with E-state index in [1.54, 1.807) is 0 Å². The number of halogens is 2. The third-order valence-corrected chi connectivity index (χ3v) is 5.03. The van der Waals surface area contributed by atoms with Crippen LogP contribution in [0.1, 0.15) is 51.3 Å². The third kappa shape index (κ3) is 6.34. The Hall–Kier alpha value is 0.653. The van der Waals surface area contributed by atoms with Crippen LogP contribution in [0.3, 0.4) is 0 Å². The molecule has 2 aromatic carbocycles. The minimum absolute atomic E-state index is 0. The first-order valence-corrected chi connectivity index (χ1v) is 8.07. The van der Waals surface area contributed by atoms with E-state index in [0.717, 1.165) is 0 Å². The second kappa shape index (κ2) is 10.9. The molecule has 134 valence electrons. The molecule has 0 radical (unpaired) electrons. The van der Waals surface area contributed by atoms with Crippen molar-refractivity contribution in [3.8, 4) is 0 Å². The van der Waals surface area contributed by atoms with Crippen LogP contribution in [0.2, 0.25) is 0 Å². The summed E-state index contributed by atoms with van der Waals surface area (Å²) in [6.07, 6.45) is 3.44. The Bertz CT molecular complexity index is 738. The van der Waals surface area contributed by atoms with Crippen LogP contribution in [0.4, 0.5) is 0 Å². The smallest absolute Gasteiger partial charge is 1.00 e. The molecule has 3 rings (SSSR count). The Labute approximate surface area is 207 Å². The first kappa shape index (κ1) is 27.9. The van der Waals surface area contributed by atoms with Crippen LogP contribution in [0, 0.1) is 32.3 Å². The third-order valence-electron chi connectivity index (χ3n) is 5.03. The zero-order valence-corrected chi connectivity index (χ0v) is 23.3. The molecule has 0 heterocycles. The zero-order chi connectivity index (χ0) is 16.7. The molecule has 1 aliphatic carbocycles. The second-order valence-electron chi connectivity index (χ2n) is 7.18. The van der Waals surface area contributed by atoms with E-state index in [9.17, 15) is 0 Å². The van der Waals surface area contributed by atoms with Gasteiger partial charge in [-0.15, -0.1) is 41.0 Å². The van der Waals surface area contributed by atoms with Crippen LogP contribution in [0.25, 0.3) is 10.8 Å². The Kier molecular flexibility index (Phi) is 12.1. The largest absolute Gasteiger partial charge is 4.00 e. The minimum Gasteiger partial charge on any atom is -1.00 e. The van der Waals surface area contributed by atoms with Gasteiger partial charge in [-0.2, -0.15) is 17.2 Å². The average Bonchev–Trinajstić information content (AvgIpc) is 2.91. The van der Waals surface area contributed by atoms with E-state index in [1.807, 2.05) is 0 Å². The van der Waals surface area contributed by atoms with Crippen molar-refractivity contribution in [2.75, 3.05) is 0 Å². The van der Waals surface area contributed by atoms with E-state index >= 15 is 0 Å². The van der Waals surface area contributed by atoms with Crippen molar-refractivity contribution in [3.05, 3.63) is 63.8 Å². The SMILES string of the molecule is CC1=[C-]C(C)(C)C(C)=C1C.Cc1cc2c(C)ccc(C)c2[cH-]1.[I-].[I-].[Zr+4]. The molecule has 0 atom stereocenters. The summed E-state index contributed by atoms with van der Waals surface area (Å²) in [5.41, 5.74) is 8.51. The number of rotatable bonds is 0. The van der Waals surface area contributed by atoms with Crippen LogP contribution in [0.5, 0.6) is 0 Å². The van der Waals surface area contributed by atoms with Gasteiger partial charge in [-0.05, 0) is 6.92 Å². The van der Waals surface area contributed by atoms with E-state index in [1.165, 1.54) is 44.2 Å². The Morgan fingerprint density at radius 3 is 1.76 bits per heavy atom. The van der Waals surface area contributed by atoms with Crippen molar-refractivity contribution in [2.45, 2.75) is 55.4 Å². The van der Waals surface area contributed by atoms with Crippen LogP contribution < -0.4 is 48.0 Å². The van der Waals surface area contributed by atoms with Crippen molar-refractivity contribution in [1.82, 2.24) is 0 Å². The van der Waals surface area contributed by atoms with E-state index < -0.39 is 0 Å². The number of aryl methyl sites for hydroxylation is 3. The van der Waals surface area contributed by atoms with Gasteiger partial charge in [-0.25, -0.2) is 5.57 Å². The Balaban J connectivity index is 0. The fourth-order valence-corrected chi connectivity index (χ4v) is 3.14. The number of allylic oxidation sites excluding steroid dienone is 4. The summed E-state index contributed by atoms with van der Waals surface area (Å²) in [6.45, 7) is 17.4. The fourth-order valence-electron chi connectivity index (χ4n) is 3.14. The molecule has 0 amide bonds. The van der Waals surface area contributed by atoms with Gasteiger partial charge < -0.3 is 48.0 Å². The molecule has 0 aliphatic heterocycles. The summed E-state index contributed by atoms with van der Waals surface area (Å²) in [5.74, 6) is 0. The molecule has 0 aromatic heterocycles. The summed E-state index contributed by atoms with van der Waals surface area (Å²) in [4.78, 5) is 0. The van der Waals surface area contributed by atoms with Crippen molar-refractivity contribution in [2.24, 2.45) is 5.41 Å². The Morgan fingerprint density at radius 1 is 0.880 bits per heavy atom. The maximum Gasteiger partial charge on any atom is 4.00 e. The summed E-state index contributed by atoms with van der Waals surface area (Å²) >= 11 is 0. The molecule has 0 unspecified atom stereocenters. The van der Waals surface area contributed by atoms with Crippen molar-refractivity contribution in [3.63, 3.8) is 0 Å². The molecule has 0 saturated carbocycles. The van der Waals surface area contributed by atoms with Crippen molar-refractivity contribution in [1.29, 1.82) is 0 Å². The molecular formula is C22H28I2Zr. The fraction of sp³-hybridized carbons (Fsp3) is 0.409. The molecule has 1 aliphatic rings. The predicted octanol–water partition coefficient (Wildman–Crippen LogP) is 0.602. The van der Waals surface area contributed by atoms with Crippen molar-refractivity contribution >= 4 is 10.8 Å².